The van der Waals surface area contributed by atoms with Gasteiger partial charge in [-0.1, -0.05) is 12.1 Å². The van der Waals surface area contributed by atoms with E-state index in [0.717, 1.165) is 28.3 Å². The van der Waals surface area contributed by atoms with Crippen molar-refractivity contribution in [1.82, 2.24) is 0 Å². The van der Waals surface area contributed by atoms with Crippen LogP contribution in [0.1, 0.15) is 37.3 Å². The Kier molecular flexibility index (Phi) is 5.35. The molecule has 0 radical (unpaired) electrons. The van der Waals surface area contributed by atoms with Crippen molar-refractivity contribution in [3.63, 3.8) is 0 Å². The van der Waals surface area contributed by atoms with E-state index < -0.39 is 0 Å². The SMILES string of the molecule is CCOc1cc2c(cc1OCC)[C@H](c1ccc(N(C)C)cc1)CC(=O)N2. The summed E-state index contributed by atoms with van der Waals surface area (Å²) in [4.78, 5) is 14.3. The third kappa shape index (κ3) is 3.62. The van der Waals surface area contributed by atoms with Crippen LogP contribution in [-0.2, 0) is 4.79 Å². The average molecular weight is 354 g/mol. The molecular weight excluding hydrogens is 328 g/mol. The van der Waals surface area contributed by atoms with Crippen molar-refractivity contribution in [3.05, 3.63) is 47.5 Å². The van der Waals surface area contributed by atoms with Gasteiger partial charge in [-0.15, -0.1) is 0 Å². The molecule has 2 aromatic carbocycles. The number of ether oxygens (including phenoxy) is 2. The van der Waals surface area contributed by atoms with Gasteiger partial charge in [-0.3, -0.25) is 4.79 Å². The Bertz CT molecular complexity index is 785. The van der Waals surface area contributed by atoms with Crippen LogP contribution >= 0.6 is 0 Å². The molecule has 1 N–H and O–H groups in total. The van der Waals surface area contributed by atoms with Gasteiger partial charge in [-0.05, 0) is 43.2 Å². The fraction of sp³-hybridized carbons (Fsp3) is 0.381. The Morgan fingerprint density at radius 2 is 1.65 bits per heavy atom. The van der Waals surface area contributed by atoms with Gasteiger partial charge in [0.15, 0.2) is 11.5 Å². The Morgan fingerprint density at radius 3 is 2.23 bits per heavy atom. The van der Waals surface area contributed by atoms with Gasteiger partial charge in [0.2, 0.25) is 5.91 Å². The molecule has 5 nitrogen and oxygen atoms in total. The number of anilines is 2. The van der Waals surface area contributed by atoms with Crippen molar-refractivity contribution >= 4 is 17.3 Å². The van der Waals surface area contributed by atoms with E-state index in [1.165, 1.54) is 0 Å². The van der Waals surface area contributed by atoms with Crippen molar-refractivity contribution in [2.24, 2.45) is 0 Å². The Labute approximate surface area is 154 Å². The molecule has 0 spiro atoms. The van der Waals surface area contributed by atoms with Gasteiger partial charge < -0.3 is 19.7 Å². The molecule has 5 heteroatoms. The minimum Gasteiger partial charge on any atom is -0.490 e. The van der Waals surface area contributed by atoms with Crippen molar-refractivity contribution < 1.29 is 14.3 Å². The molecule has 1 amide bonds. The van der Waals surface area contributed by atoms with Crippen LogP contribution in [-0.4, -0.2) is 33.2 Å². The Balaban J connectivity index is 2.04. The highest BCUT2D eigenvalue weighted by atomic mass is 16.5. The monoisotopic (exact) mass is 354 g/mol. The predicted octanol–water partition coefficient (Wildman–Crippen LogP) is 4.02. The van der Waals surface area contributed by atoms with Crippen LogP contribution in [0.3, 0.4) is 0 Å². The van der Waals surface area contributed by atoms with E-state index in [9.17, 15) is 4.79 Å². The average Bonchev–Trinajstić information content (AvgIpc) is 2.62. The minimum atomic E-state index is 0.00449. The van der Waals surface area contributed by atoms with Crippen LogP contribution in [0, 0.1) is 0 Å². The molecule has 1 atom stereocenters. The number of nitrogens with one attached hydrogen (secondary N) is 1. The van der Waals surface area contributed by atoms with E-state index in [-0.39, 0.29) is 11.8 Å². The van der Waals surface area contributed by atoms with Crippen LogP contribution in [0.2, 0.25) is 0 Å². The highest BCUT2D eigenvalue weighted by Gasteiger charge is 2.28. The van der Waals surface area contributed by atoms with E-state index >= 15 is 0 Å². The topological polar surface area (TPSA) is 50.8 Å². The van der Waals surface area contributed by atoms with Crippen LogP contribution in [0.15, 0.2) is 36.4 Å². The second-order valence-corrected chi connectivity index (χ2v) is 6.54. The number of nitrogens with zero attached hydrogens (tertiary/aromatic N) is 1. The number of carbonyl (C=O) groups is 1. The minimum absolute atomic E-state index is 0.00449. The first-order chi connectivity index (χ1) is 12.5. The second kappa shape index (κ2) is 7.68. The van der Waals surface area contributed by atoms with Crippen molar-refractivity contribution in [1.29, 1.82) is 0 Å². The van der Waals surface area contributed by atoms with Crippen LogP contribution in [0.5, 0.6) is 11.5 Å². The Hall–Kier alpha value is -2.69. The summed E-state index contributed by atoms with van der Waals surface area (Å²) < 4.78 is 11.5. The molecule has 3 rings (SSSR count). The van der Waals surface area contributed by atoms with Crippen LogP contribution in [0.25, 0.3) is 0 Å². The number of fused-ring (bicyclic) bond motifs is 1. The summed E-state index contributed by atoms with van der Waals surface area (Å²) in [5.41, 5.74) is 4.12. The Morgan fingerprint density at radius 1 is 1.04 bits per heavy atom. The molecule has 0 unspecified atom stereocenters. The number of benzene rings is 2. The van der Waals surface area contributed by atoms with Gasteiger partial charge in [-0.25, -0.2) is 0 Å². The third-order valence-electron chi connectivity index (χ3n) is 4.57. The molecule has 0 bridgehead atoms. The lowest BCUT2D eigenvalue weighted by Gasteiger charge is -2.28. The zero-order chi connectivity index (χ0) is 18.7. The van der Waals surface area contributed by atoms with E-state index in [1.807, 2.05) is 40.1 Å². The van der Waals surface area contributed by atoms with E-state index in [4.69, 9.17) is 9.47 Å². The van der Waals surface area contributed by atoms with Crippen molar-refractivity contribution in [2.45, 2.75) is 26.2 Å². The van der Waals surface area contributed by atoms with Gasteiger partial charge in [0.25, 0.3) is 0 Å². The summed E-state index contributed by atoms with van der Waals surface area (Å²) in [6.45, 7) is 4.99. The molecule has 1 aliphatic heterocycles. The quantitative estimate of drug-likeness (QED) is 0.851. The maximum Gasteiger partial charge on any atom is 0.225 e. The lowest BCUT2D eigenvalue weighted by molar-refractivity contribution is -0.116. The summed E-state index contributed by atoms with van der Waals surface area (Å²) >= 11 is 0. The lowest BCUT2D eigenvalue weighted by atomic mass is 9.84. The zero-order valence-electron chi connectivity index (χ0n) is 15.8. The van der Waals surface area contributed by atoms with Crippen molar-refractivity contribution in [2.75, 3.05) is 37.5 Å². The molecule has 1 aliphatic rings. The molecule has 0 aliphatic carbocycles. The lowest BCUT2D eigenvalue weighted by Crippen LogP contribution is -2.24. The molecule has 0 fully saturated rings. The molecule has 0 saturated carbocycles. The molecule has 26 heavy (non-hydrogen) atoms. The van der Waals surface area contributed by atoms with E-state index in [2.05, 4.69) is 34.5 Å². The van der Waals surface area contributed by atoms with Crippen molar-refractivity contribution in [3.8, 4) is 11.5 Å². The molecule has 2 aromatic rings. The van der Waals surface area contributed by atoms with Gasteiger partial charge in [0.1, 0.15) is 0 Å². The maximum absolute atomic E-state index is 12.3. The highest BCUT2D eigenvalue weighted by Crippen LogP contribution is 2.43. The summed E-state index contributed by atoms with van der Waals surface area (Å²) in [5, 5.41) is 2.97. The smallest absolute Gasteiger partial charge is 0.225 e. The van der Waals surface area contributed by atoms with Gasteiger partial charge in [0.05, 0.1) is 13.2 Å². The second-order valence-electron chi connectivity index (χ2n) is 6.54. The van der Waals surface area contributed by atoms with Gasteiger partial charge in [0, 0.05) is 43.9 Å². The molecule has 138 valence electrons. The van der Waals surface area contributed by atoms with Gasteiger partial charge in [-0.2, -0.15) is 0 Å². The fourth-order valence-corrected chi connectivity index (χ4v) is 3.31. The first-order valence-corrected chi connectivity index (χ1v) is 9.04. The molecule has 1 heterocycles. The van der Waals surface area contributed by atoms with Crippen LogP contribution < -0.4 is 19.7 Å². The largest absolute Gasteiger partial charge is 0.490 e. The number of hydrogen-bond donors (Lipinski definition) is 1. The molecule has 0 aromatic heterocycles. The normalized spacial score (nSPS) is 15.8. The summed E-state index contributed by atoms with van der Waals surface area (Å²) in [6, 6.07) is 12.2. The zero-order valence-corrected chi connectivity index (χ0v) is 15.8. The standard InChI is InChI=1S/C21H26N2O3/c1-5-25-19-11-17-16(14-7-9-15(10-8-14)23(3)4)12-21(24)22-18(17)13-20(19)26-6-2/h7-11,13,16H,5-6,12H2,1-4H3,(H,22,24)/t16-/m0/s1. The fourth-order valence-electron chi connectivity index (χ4n) is 3.31. The molecule has 0 saturated heterocycles. The third-order valence-corrected chi connectivity index (χ3v) is 4.57. The first kappa shape index (κ1) is 18.1. The molecular formula is C21H26N2O3. The maximum atomic E-state index is 12.3. The number of hydrogen-bond acceptors (Lipinski definition) is 4. The van der Waals surface area contributed by atoms with Gasteiger partial charge >= 0.3 is 0 Å². The van der Waals surface area contributed by atoms with E-state index in [0.29, 0.717) is 25.4 Å². The highest BCUT2D eigenvalue weighted by molar-refractivity contribution is 5.96. The summed E-state index contributed by atoms with van der Waals surface area (Å²) in [6.07, 6.45) is 0.424. The van der Waals surface area contributed by atoms with E-state index in [1.54, 1.807) is 0 Å². The summed E-state index contributed by atoms with van der Waals surface area (Å²) in [7, 11) is 4.03. The van der Waals surface area contributed by atoms with Crippen LogP contribution in [0.4, 0.5) is 11.4 Å². The number of amides is 1. The first-order valence-electron chi connectivity index (χ1n) is 9.04. The summed E-state index contributed by atoms with van der Waals surface area (Å²) in [5.74, 6) is 1.41. The number of rotatable bonds is 6. The predicted molar refractivity (Wildman–Crippen MR) is 105 cm³/mol. The number of carbonyl (C=O) groups excluding carboxylic acids is 1.